The molecule has 0 saturated heterocycles. The van der Waals surface area contributed by atoms with Gasteiger partial charge in [-0.3, -0.25) is 4.99 Å². The summed E-state index contributed by atoms with van der Waals surface area (Å²) in [6.07, 6.45) is 23.4. The summed E-state index contributed by atoms with van der Waals surface area (Å²) in [7, 11) is 0. The van der Waals surface area contributed by atoms with Crippen LogP contribution in [0.25, 0.3) is 56.7 Å². The molecular weight excluding hydrogens is 679 g/mol. The Kier molecular flexibility index (Phi) is 9.53. The van der Waals surface area contributed by atoms with Crippen molar-refractivity contribution in [3.63, 3.8) is 0 Å². The fourth-order valence-electron chi connectivity index (χ4n) is 8.83. The summed E-state index contributed by atoms with van der Waals surface area (Å²) in [5, 5.41) is 6.39. The molecule has 3 atom stereocenters. The molecule has 0 fully saturated rings. The number of hydrogen-bond acceptors (Lipinski definition) is 2. The third kappa shape index (κ3) is 6.37. The molecule has 0 radical (unpaired) electrons. The SMILES string of the molecule is C=C(/C=C\C1N=C(c2ccc(-c3c4c(cc5ccccc35)CCC=C4)cc2)N=C(C(/C=C\C)=C/C)C1C)C1C=c2c(n(-c3ccccc3)c3ccccc23)=CC1. The fraction of sp³-hybridized carbons (Fsp3) is 0.170. The molecule has 3 aliphatic rings. The van der Waals surface area contributed by atoms with E-state index < -0.39 is 0 Å². The van der Waals surface area contributed by atoms with Crippen molar-refractivity contribution in [3.8, 4) is 16.8 Å². The molecule has 2 aliphatic carbocycles. The van der Waals surface area contributed by atoms with Gasteiger partial charge in [0.25, 0.3) is 0 Å². The normalized spacial score (nSPS) is 19.4. The van der Waals surface area contributed by atoms with E-state index in [9.17, 15) is 0 Å². The molecule has 3 heteroatoms. The summed E-state index contributed by atoms with van der Waals surface area (Å²) < 4.78 is 2.39. The lowest BCUT2D eigenvalue weighted by atomic mass is 9.85. The summed E-state index contributed by atoms with van der Waals surface area (Å²) in [6.45, 7) is 11.0. The van der Waals surface area contributed by atoms with Crippen molar-refractivity contribution in [3.05, 3.63) is 191 Å². The zero-order valence-corrected chi connectivity index (χ0v) is 32.5. The first-order chi connectivity index (χ1) is 27.5. The van der Waals surface area contributed by atoms with Gasteiger partial charge in [0.15, 0.2) is 5.84 Å². The van der Waals surface area contributed by atoms with Gasteiger partial charge in [-0.15, -0.1) is 0 Å². The van der Waals surface area contributed by atoms with E-state index in [-0.39, 0.29) is 17.9 Å². The number of amidine groups is 1. The largest absolute Gasteiger partial charge is 0.310 e. The van der Waals surface area contributed by atoms with Gasteiger partial charge in [-0.25, -0.2) is 4.99 Å². The van der Waals surface area contributed by atoms with E-state index in [1.165, 1.54) is 60.2 Å². The standard InChI is InChI=1S/C53H47N3/c1-5-16-37(6-2)52-36(4)48(31-25-35(3)40-30-32-50-47(34-40)46-23-14-15-24-49(46)56(50)43-19-8-7-9-20-43)54-53(55-52)39-28-26-38(27-29-39)51-44-21-12-10-17-41(44)33-42-18-11-13-22-45(42)51/h5-10,12-17,19-29,31-34,36,40,48H,3,11,18,30H2,1-2,4H3/b16-5-,31-25-,37-6+. The summed E-state index contributed by atoms with van der Waals surface area (Å²) >= 11 is 0. The first-order valence-electron chi connectivity index (χ1n) is 20.0. The van der Waals surface area contributed by atoms with Crippen molar-refractivity contribution in [1.29, 1.82) is 0 Å². The number of aryl methyl sites for hydroxylation is 1. The molecule has 0 spiro atoms. The van der Waals surface area contributed by atoms with Gasteiger partial charge in [-0.2, -0.15) is 0 Å². The van der Waals surface area contributed by atoms with Gasteiger partial charge < -0.3 is 4.57 Å². The van der Waals surface area contributed by atoms with Gasteiger partial charge in [0.05, 0.1) is 17.3 Å². The molecule has 1 aromatic heterocycles. The monoisotopic (exact) mass is 725 g/mol. The summed E-state index contributed by atoms with van der Waals surface area (Å²) in [6, 6.07) is 39.3. The maximum Gasteiger partial charge on any atom is 0.155 e. The first-order valence-corrected chi connectivity index (χ1v) is 20.0. The van der Waals surface area contributed by atoms with Gasteiger partial charge >= 0.3 is 0 Å². The van der Waals surface area contributed by atoms with E-state index in [0.717, 1.165) is 47.5 Å². The zero-order valence-electron chi connectivity index (χ0n) is 32.5. The van der Waals surface area contributed by atoms with Crippen LogP contribution in [0.3, 0.4) is 0 Å². The van der Waals surface area contributed by atoms with Crippen LogP contribution < -0.4 is 10.6 Å². The lowest BCUT2D eigenvalue weighted by Crippen LogP contribution is -2.32. The van der Waals surface area contributed by atoms with E-state index in [4.69, 9.17) is 9.98 Å². The van der Waals surface area contributed by atoms with Crippen molar-refractivity contribution in [2.45, 2.75) is 46.1 Å². The van der Waals surface area contributed by atoms with E-state index in [2.05, 4.69) is 196 Å². The van der Waals surface area contributed by atoms with Gasteiger partial charge in [0, 0.05) is 39.0 Å². The number of nitrogens with zero attached hydrogens (tertiary/aromatic N) is 3. The lowest BCUT2D eigenvalue weighted by molar-refractivity contribution is 0.657. The third-order valence-electron chi connectivity index (χ3n) is 11.7. The molecule has 9 rings (SSSR count). The van der Waals surface area contributed by atoms with E-state index in [1.807, 2.05) is 0 Å². The Bertz CT molecular complexity index is 2820. The molecule has 56 heavy (non-hydrogen) atoms. The number of aromatic nitrogens is 1. The minimum Gasteiger partial charge on any atom is -0.310 e. The van der Waals surface area contributed by atoms with Crippen molar-refractivity contribution in [1.82, 2.24) is 4.57 Å². The van der Waals surface area contributed by atoms with Crippen LogP contribution >= 0.6 is 0 Å². The summed E-state index contributed by atoms with van der Waals surface area (Å²) in [5.41, 5.74) is 12.0. The average molecular weight is 726 g/mol. The lowest BCUT2D eigenvalue weighted by Gasteiger charge is -2.26. The van der Waals surface area contributed by atoms with Gasteiger partial charge in [-0.1, -0.05) is 159 Å². The molecule has 0 N–H and O–H groups in total. The van der Waals surface area contributed by atoms with Crippen molar-refractivity contribution < 1.29 is 0 Å². The highest BCUT2D eigenvalue weighted by atomic mass is 15.0. The molecule has 3 unspecified atom stereocenters. The van der Waals surface area contributed by atoms with Crippen LogP contribution in [0.1, 0.15) is 50.3 Å². The number of para-hydroxylation sites is 2. The zero-order chi connectivity index (χ0) is 38.2. The molecule has 5 aromatic carbocycles. The number of aliphatic imine (C=N–C) groups is 2. The number of rotatable bonds is 8. The summed E-state index contributed by atoms with van der Waals surface area (Å²) in [5.74, 6) is 1.06. The maximum absolute atomic E-state index is 5.33. The Balaban J connectivity index is 1.05. The molecule has 6 aromatic rings. The second kappa shape index (κ2) is 15.1. The van der Waals surface area contributed by atoms with Crippen LogP contribution in [0.4, 0.5) is 0 Å². The molecule has 1 aliphatic heterocycles. The van der Waals surface area contributed by atoms with Crippen molar-refractivity contribution >= 4 is 51.5 Å². The minimum absolute atomic E-state index is 0.0903. The molecule has 274 valence electrons. The van der Waals surface area contributed by atoms with Crippen LogP contribution in [0.15, 0.2) is 173 Å². The quantitative estimate of drug-likeness (QED) is 0.140. The number of allylic oxidation sites excluding steroid dienone is 7. The highest BCUT2D eigenvalue weighted by Crippen LogP contribution is 2.38. The molecule has 2 heterocycles. The predicted molar refractivity (Wildman–Crippen MR) is 240 cm³/mol. The van der Waals surface area contributed by atoms with Gasteiger partial charge in [-0.05, 0) is 95.5 Å². The smallest absolute Gasteiger partial charge is 0.155 e. The van der Waals surface area contributed by atoms with E-state index in [1.54, 1.807) is 0 Å². The summed E-state index contributed by atoms with van der Waals surface area (Å²) in [4.78, 5) is 10.6. The Morgan fingerprint density at radius 2 is 1.59 bits per heavy atom. The molecule has 3 nitrogen and oxygen atoms in total. The Hall–Kier alpha value is -6.32. The molecule has 0 amide bonds. The number of benzene rings is 5. The van der Waals surface area contributed by atoms with E-state index >= 15 is 0 Å². The fourth-order valence-corrected chi connectivity index (χ4v) is 8.83. The van der Waals surface area contributed by atoms with Crippen molar-refractivity contribution in [2.75, 3.05) is 0 Å². The highest BCUT2D eigenvalue weighted by molar-refractivity contribution is 6.16. The number of fused-ring (bicyclic) bond motifs is 5. The van der Waals surface area contributed by atoms with Crippen LogP contribution in [-0.2, 0) is 6.42 Å². The topological polar surface area (TPSA) is 29.6 Å². The minimum atomic E-state index is -0.0903. The van der Waals surface area contributed by atoms with Crippen LogP contribution in [0.5, 0.6) is 0 Å². The predicted octanol–water partition coefficient (Wildman–Crippen LogP) is 11.5. The van der Waals surface area contributed by atoms with E-state index in [0.29, 0.717) is 0 Å². The second-order valence-corrected chi connectivity index (χ2v) is 15.2. The van der Waals surface area contributed by atoms with Crippen LogP contribution in [0.2, 0.25) is 0 Å². The van der Waals surface area contributed by atoms with Crippen LogP contribution in [0, 0.1) is 11.8 Å². The van der Waals surface area contributed by atoms with Gasteiger partial charge in [0.1, 0.15) is 0 Å². The highest BCUT2D eigenvalue weighted by Gasteiger charge is 2.28. The Labute approximate surface area is 330 Å². The maximum atomic E-state index is 5.33. The van der Waals surface area contributed by atoms with Crippen LogP contribution in [-0.4, -0.2) is 22.2 Å². The first kappa shape index (κ1) is 35.4. The van der Waals surface area contributed by atoms with Crippen molar-refractivity contribution in [2.24, 2.45) is 21.8 Å². The Morgan fingerprint density at radius 1 is 0.839 bits per heavy atom. The third-order valence-corrected chi connectivity index (χ3v) is 11.7. The van der Waals surface area contributed by atoms with Gasteiger partial charge in [0.2, 0.25) is 0 Å². The second-order valence-electron chi connectivity index (χ2n) is 15.2. The molecular formula is C53H47N3. The number of hydrogen-bond donors (Lipinski definition) is 0. The molecule has 0 bridgehead atoms. The Morgan fingerprint density at radius 3 is 2.39 bits per heavy atom. The average Bonchev–Trinajstić information content (AvgIpc) is 3.58. The molecule has 0 saturated carbocycles.